The van der Waals surface area contributed by atoms with E-state index in [1.807, 2.05) is 0 Å². The molecule has 1 unspecified atom stereocenters. The summed E-state index contributed by atoms with van der Waals surface area (Å²) in [4.78, 5) is 0. The van der Waals surface area contributed by atoms with Gasteiger partial charge in [0.25, 0.3) is 12.7 Å². The first-order valence-electron chi connectivity index (χ1n) is 4.19. The topological polar surface area (TPSA) is 24.8 Å². The van der Waals surface area contributed by atoms with Gasteiger partial charge in [0.2, 0.25) is 0 Å². The predicted molar refractivity (Wildman–Crippen MR) is 48.2 cm³/mol. The lowest BCUT2D eigenvalue weighted by Gasteiger charge is -2.20. The fourth-order valence-electron chi connectivity index (χ4n) is 1.24. The van der Waals surface area contributed by atoms with Crippen LogP contribution < -0.4 is 5.01 Å². The van der Waals surface area contributed by atoms with Crippen molar-refractivity contribution in [3.05, 3.63) is 30.1 Å². The highest BCUT2D eigenvalue weighted by Crippen LogP contribution is 2.24. The molecular formula is C9H7F3N2O. The van der Waals surface area contributed by atoms with Gasteiger partial charge >= 0.3 is 0 Å². The van der Waals surface area contributed by atoms with Gasteiger partial charge in [-0.2, -0.15) is 0 Å². The number of hydrazone groups is 1. The van der Waals surface area contributed by atoms with Gasteiger partial charge in [-0.15, -0.1) is 5.10 Å². The molecule has 0 amide bonds. The zero-order valence-electron chi connectivity index (χ0n) is 7.48. The summed E-state index contributed by atoms with van der Waals surface area (Å²) in [5.41, 5.74) is 0.357. The Kier molecular flexibility index (Phi) is 2.49. The smallest absolute Gasteiger partial charge is 0.295 e. The molecule has 3 nitrogen and oxygen atoms in total. The van der Waals surface area contributed by atoms with Crippen LogP contribution in [-0.2, 0) is 4.74 Å². The maximum absolute atomic E-state index is 12.6. The number of ether oxygens (including phenoxy) is 1. The number of benzene rings is 1. The summed E-state index contributed by atoms with van der Waals surface area (Å²) < 4.78 is 42.1. The third-order valence-corrected chi connectivity index (χ3v) is 1.92. The Hall–Kier alpha value is -1.72. The molecular weight excluding hydrogens is 209 g/mol. The molecule has 1 aromatic rings. The van der Waals surface area contributed by atoms with Crippen LogP contribution in [0.3, 0.4) is 0 Å². The molecule has 15 heavy (non-hydrogen) atoms. The average molecular weight is 216 g/mol. The van der Waals surface area contributed by atoms with E-state index >= 15 is 0 Å². The summed E-state index contributed by atoms with van der Waals surface area (Å²) in [6.07, 6.45) is -3.17. The highest BCUT2D eigenvalue weighted by Gasteiger charge is 2.32. The van der Waals surface area contributed by atoms with Crippen LogP contribution in [0.2, 0.25) is 0 Å². The second kappa shape index (κ2) is 3.80. The van der Waals surface area contributed by atoms with E-state index in [-0.39, 0.29) is 0 Å². The number of hydrogen-bond donors (Lipinski definition) is 0. The van der Waals surface area contributed by atoms with E-state index in [2.05, 4.69) is 9.84 Å². The highest BCUT2D eigenvalue weighted by molar-refractivity contribution is 5.58. The number of halogens is 3. The molecule has 1 aliphatic heterocycles. The molecule has 0 saturated carbocycles. The van der Waals surface area contributed by atoms with Crippen molar-refractivity contribution in [2.75, 3.05) is 5.01 Å². The van der Waals surface area contributed by atoms with Crippen LogP contribution in [-0.4, -0.2) is 19.1 Å². The van der Waals surface area contributed by atoms with E-state index in [4.69, 9.17) is 0 Å². The van der Waals surface area contributed by atoms with Crippen molar-refractivity contribution in [1.29, 1.82) is 0 Å². The van der Waals surface area contributed by atoms with Crippen molar-refractivity contribution in [3.8, 4) is 0 Å². The molecule has 1 aromatic carbocycles. The van der Waals surface area contributed by atoms with E-state index in [0.717, 1.165) is 11.4 Å². The summed E-state index contributed by atoms with van der Waals surface area (Å²) in [5, 5.41) is 4.63. The van der Waals surface area contributed by atoms with Gasteiger partial charge in [0.1, 0.15) is 5.82 Å². The lowest BCUT2D eigenvalue weighted by atomic mass is 10.3. The first kappa shape index (κ1) is 9.82. The Labute approximate surface area is 83.8 Å². The standard InChI is InChI=1S/C9H7F3N2O/c10-6-1-3-7(4-2-6)14-9(8(11)12)15-5-13-14/h1-5,8-9H. The molecule has 0 spiro atoms. The van der Waals surface area contributed by atoms with Crippen molar-refractivity contribution < 1.29 is 17.9 Å². The first-order valence-corrected chi connectivity index (χ1v) is 4.19. The van der Waals surface area contributed by atoms with Crippen LogP contribution in [0.25, 0.3) is 0 Å². The quantitative estimate of drug-likeness (QED) is 0.757. The monoisotopic (exact) mass is 216 g/mol. The van der Waals surface area contributed by atoms with Gasteiger partial charge < -0.3 is 4.74 Å². The van der Waals surface area contributed by atoms with Crippen LogP contribution in [0.1, 0.15) is 0 Å². The molecule has 0 aromatic heterocycles. The summed E-state index contributed by atoms with van der Waals surface area (Å²) in [5.74, 6) is -0.434. The van der Waals surface area contributed by atoms with E-state index in [0.29, 0.717) is 5.69 Å². The van der Waals surface area contributed by atoms with Crippen LogP contribution in [0.4, 0.5) is 18.9 Å². The number of alkyl halides is 2. The summed E-state index contributed by atoms with van der Waals surface area (Å²) >= 11 is 0. The van der Waals surface area contributed by atoms with Crippen molar-refractivity contribution in [2.24, 2.45) is 5.10 Å². The van der Waals surface area contributed by atoms with E-state index in [1.54, 1.807) is 0 Å². The van der Waals surface area contributed by atoms with Gasteiger partial charge in [-0.1, -0.05) is 0 Å². The van der Waals surface area contributed by atoms with Gasteiger partial charge in [0.15, 0.2) is 6.40 Å². The van der Waals surface area contributed by atoms with Crippen LogP contribution in [0.5, 0.6) is 0 Å². The zero-order chi connectivity index (χ0) is 10.8. The van der Waals surface area contributed by atoms with Crippen molar-refractivity contribution in [2.45, 2.75) is 12.7 Å². The second-order valence-electron chi connectivity index (χ2n) is 2.90. The molecule has 0 radical (unpaired) electrons. The largest absolute Gasteiger partial charge is 0.450 e. The normalized spacial score (nSPS) is 19.7. The zero-order valence-corrected chi connectivity index (χ0v) is 7.48. The molecule has 6 heteroatoms. The van der Waals surface area contributed by atoms with Crippen molar-refractivity contribution in [3.63, 3.8) is 0 Å². The summed E-state index contributed by atoms with van der Waals surface area (Å²) in [6, 6.07) is 5.06. The minimum Gasteiger partial charge on any atom is -0.450 e. The fraction of sp³-hybridized carbons (Fsp3) is 0.222. The molecule has 1 atom stereocenters. The fourth-order valence-corrected chi connectivity index (χ4v) is 1.24. The van der Waals surface area contributed by atoms with E-state index < -0.39 is 18.5 Å². The number of hydrogen-bond acceptors (Lipinski definition) is 3. The molecule has 1 heterocycles. The third kappa shape index (κ3) is 1.88. The Bertz CT molecular complexity index is 366. The lowest BCUT2D eigenvalue weighted by molar-refractivity contribution is 0.0182. The van der Waals surface area contributed by atoms with Gasteiger partial charge in [-0.25, -0.2) is 18.2 Å². The van der Waals surface area contributed by atoms with Crippen LogP contribution in [0.15, 0.2) is 29.4 Å². The van der Waals surface area contributed by atoms with Gasteiger partial charge in [0, 0.05) is 0 Å². The maximum Gasteiger partial charge on any atom is 0.295 e. The van der Waals surface area contributed by atoms with E-state index in [1.165, 1.54) is 24.3 Å². The van der Waals surface area contributed by atoms with Gasteiger partial charge in [-0.3, -0.25) is 0 Å². The van der Waals surface area contributed by atoms with Crippen molar-refractivity contribution in [1.82, 2.24) is 0 Å². The third-order valence-electron chi connectivity index (χ3n) is 1.92. The van der Waals surface area contributed by atoms with Crippen LogP contribution >= 0.6 is 0 Å². The molecule has 0 bridgehead atoms. The minimum atomic E-state index is -2.68. The Balaban J connectivity index is 2.22. The Morgan fingerprint density at radius 2 is 1.93 bits per heavy atom. The predicted octanol–water partition coefficient (Wildman–Crippen LogP) is 2.20. The highest BCUT2D eigenvalue weighted by atomic mass is 19.3. The number of anilines is 1. The summed E-state index contributed by atoms with van der Waals surface area (Å²) in [6.45, 7) is 0. The molecule has 2 rings (SSSR count). The van der Waals surface area contributed by atoms with Gasteiger partial charge in [0.05, 0.1) is 5.69 Å². The SMILES string of the molecule is Fc1ccc(N2N=COC2C(F)F)cc1. The second-order valence-corrected chi connectivity index (χ2v) is 2.90. The molecule has 0 N–H and O–H groups in total. The summed E-state index contributed by atoms with van der Waals surface area (Å²) in [7, 11) is 0. The molecule has 80 valence electrons. The Morgan fingerprint density at radius 3 is 2.53 bits per heavy atom. The number of rotatable bonds is 2. The first-order chi connectivity index (χ1) is 7.18. The minimum absolute atomic E-state index is 0.357. The Morgan fingerprint density at radius 1 is 1.27 bits per heavy atom. The molecule has 0 fully saturated rings. The maximum atomic E-state index is 12.6. The van der Waals surface area contributed by atoms with Crippen molar-refractivity contribution >= 4 is 12.1 Å². The molecule has 0 aliphatic carbocycles. The van der Waals surface area contributed by atoms with Gasteiger partial charge in [-0.05, 0) is 24.3 Å². The average Bonchev–Trinajstić information content (AvgIpc) is 2.67. The number of nitrogens with zero attached hydrogens (tertiary/aromatic N) is 2. The van der Waals surface area contributed by atoms with E-state index in [9.17, 15) is 13.2 Å². The van der Waals surface area contributed by atoms with Crippen LogP contribution in [0, 0.1) is 5.82 Å². The molecule has 1 aliphatic rings. The molecule has 0 saturated heterocycles. The lowest BCUT2D eigenvalue weighted by Crippen LogP contribution is -2.34.